The molecule has 0 saturated heterocycles. The van der Waals surface area contributed by atoms with Gasteiger partial charge in [0.05, 0.1) is 6.20 Å². The van der Waals surface area contributed by atoms with Crippen molar-refractivity contribution in [3.05, 3.63) is 12.3 Å². The lowest BCUT2D eigenvalue weighted by Gasteiger charge is -2.00. The molecule has 11 heavy (non-hydrogen) atoms. The zero-order chi connectivity index (χ0) is 8.27. The number of hydrogen-bond donors (Lipinski definition) is 1. The van der Waals surface area contributed by atoms with Crippen LogP contribution in [-0.2, 0) is 11.8 Å². The number of nitrogens with zero attached hydrogens (tertiary/aromatic N) is 2. The summed E-state index contributed by atoms with van der Waals surface area (Å²) in [7, 11) is 1.68. The van der Waals surface area contributed by atoms with Crippen molar-refractivity contribution in [1.29, 1.82) is 0 Å². The molecule has 0 aliphatic carbocycles. The topological polar surface area (TPSA) is 64.4 Å². The van der Waals surface area contributed by atoms with Crippen molar-refractivity contribution >= 4 is 5.97 Å². The fraction of sp³-hybridized carbons (Fsp3) is 0.333. The molecule has 1 N–H and O–H groups in total. The molecule has 60 valence electrons. The Hall–Kier alpha value is -1.52. The first-order valence-electron chi connectivity index (χ1n) is 3.03. The largest absolute Gasteiger partial charge is 0.479 e. The zero-order valence-electron chi connectivity index (χ0n) is 6.02. The van der Waals surface area contributed by atoms with Crippen LogP contribution >= 0.6 is 0 Å². The average molecular weight is 156 g/mol. The van der Waals surface area contributed by atoms with Crippen LogP contribution in [0.5, 0.6) is 5.88 Å². The van der Waals surface area contributed by atoms with Crippen molar-refractivity contribution in [2.45, 2.75) is 0 Å². The summed E-state index contributed by atoms with van der Waals surface area (Å²) in [5.74, 6) is -0.543. The first kappa shape index (κ1) is 7.59. The summed E-state index contributed by atoms with van der Waals surface area (Å²) < 4.78 is 6.30. The van der Waals surface area contributed by atoms with Gasteiger partial charge in [0.1, 0.15) is 0 Å². The molecule has 0 spiro atoms. The molecule has 1 aromatic rings. The lowest BCUT2D eigenvalue weighted by Crippen LogP contribution is -2.11. The van der Waals surface area contributed by atoms with Crippen LogP contribution in [0.25, 0.3) is 0 Å². The first-order valence-corrected chi connectivity index (χ1v) is 3.03. The van der Waals surface area contributed by atoms with Crippen LogP contribution in [0.4, 0.5) is 0 Å². The van der Waals surface area contributed by atoms with E-state index in [0.717, 1.165) is 0 Å². The van der Waals surface area contributed by atoms with E-state index in [4.69, 9.17) is 9.84 Å². The van der Waals surface area contributed by atoms with E-state index >= 15 is 0 Å². The maximum absolute atomic E-state index is 10.1. The Bertz CT molecular complexity index is 256. The Morgan fingerprint density at radius 2 is 2.64 bits per heavy atom. The van der Waals surface area contributed by atoms with Crippen molar-refractivity contribution in [3.63, 3.8) is 0 Å². The fourth-order valence-corrected chi connectivity index (χ4v) is 0.639. The van der Waals surface area contributed by atoms with Gasteiger partial charge < -0.3 is 9.84 Å². The second-order valence-electron chi connectivity index (χ2n) is 1.98. The molecule has 0 aliphatic rings. The SMILES string of the molecule is Cn1nccc1OCC(=O)O. The smallest absolute Gasteiger partial charge is 0.341 e. The van der Waals surface area contributed by atoms with Gasteiger partial charge in [0.2, 0.25) is 5.88 Å². The molecule has 0 unspecified atom stereocenters. The standard InChI is InChI=1S/C6H8N2O3/c1-8-5(2-3-7-8)11-4-6(9)10/h2-3H,4H2,1H3,(H,9,10). The van der Waals surface area contributed by atoms with Gasteiger partial charge in [0.25, 0.3) is 0 Å². The van der Waals surface area contributed by atoms with Crippen LogP contribution in [0.2, 0.25) is 0 Å². The molecule has 0 atom stereocenters. The lowest BCUT2D eigenvalue weighted by molar-refractivity contribution is -0.139. The summed E-state index contributed by atoms with van der Waals surface area (Å²) in [5.41, 5.74) is 0. The highest BCUT2D eigenvalue weighted by Gasteiger charge is 2.01. The molecule has 1 aromatic heterocycles. The van der Waals surface area contributed by atoms with Gasteiger partial charge in [-0.05, 0) is 0 Å². The zero-order valence-corrected chi connectivity index (χ0v) is 6.02. The minimum absolute atomic E-state index is 0.334. The number of rotatable bonds is 3. The van der Waals surface area contributed by atoms with Crippen LogP contribution < -0.4 is 4.74 Å². The number of ether oxygens (including phenoxy) is 1. The molecule has 0 fully saturated rings. The highest BCUT2D eigenvalue weighted by Crippen LogP contribution is 2.05. The second-order valence-corrected chi connectivity index (χ2v) is 1.98. The maximum Gasteiger partial charge on any atom is 0.341 e. The maximum atomic E-state index is 10.1. The van der Waals surface area contributed by atoms with E-state index in [1.165, 1.54) is 10.9 Å². The van der Waals surface area contributed by atoms with Gasteiger partial charge in [-0.3, -0.25) is 0 Å². The molecule has 0 amide bonds. The van der Waals surface area contributed by atoms with Crippen LogP contribution in [0.1, 0.15) is 0 Å². The van der Waals surface area contributed by atoms with Gasteiger partial charge in [0.15, 0.2) is 6.61 Å². The number of carboxylic acids is 1. The highest BCUT2D eigenvalue weighted by molar-refractivity contribution is 5.68. The number of aliphatic carboxylic acids is 1. The van der Waals surface area contributed by atoms with Crippen molar-refractivity contribution in [2.24, 2.45) is 7.05 Å². The summed E-state index contributed by atoms with van der Waals surface area (Å²) in [6.45, 7) is -0.334. The van der Waals surface area contributed by atoms with E-state index in [9.17, 15) is 4.79 Å². The Morgan fingerprint density at radius 1 is 1.91 bits per heavy atom. The second kappa shape index (κ2) is 3.05. The summed E-state index contributed by atoms with van der Waals surface area (Å²) in [4.78, 5) is 10.1. The van der Waals surface area contributed by atoms with Crippen molar-refractivity contribution in [1.82, 2.24) is 9.78 Å². The van der Waals surface area contributed by atoms with Crippen molar-refractivity contribution < 1.29 is 14.6 Å². The van der Waals surface area contributed by atoms with Crippen LogP contribution in [-0.4, -0.2) is 27.5 Å². The predicted molar refractivity (Wildman–Crippen MR) is 36.3 cm³/mol. The summed E-state index contributed by atoms with van der Waals surface area (Å²) in [5, 5.41) is 12.0. The van der Waals surface area contributed by atoms with E-state index in [1.807, 2.05) is 0 Å². The summed E-state index contributed by atoms with van der Waals surface area (Å²) in [6.07, 6.45) is 1.54. The van der Waals surface area contributed by atoms with Gasteiger partial charge in [-0.25, -0.2) is 9.48 Å². The lowest BCUT2D eigenvalue weighted by atomic mass is 10.6. The number of carboxylic acid groups (broad SMARTS) is 1. The molecule has 0 aliphatic heterocycles. The summed E-state index contributed by atoms with van der Waals surface area (Å²) in [6, 6.07) is 1.60. The van der Waals surface area contributed by atoms with Gasteiger partial charge >= 0.3 is 5.97 Å². The quantitative estimate of drug-likeness (QED) is 0.662. The molecule has 0 radical (unpaired) electrons. The van der Waals surface area contributed by atoms with Crippen LogP contribution in [0.3, 0.4) is 0 Å². The molecular formula is C6H8N2O3. The molecule has 1 heterocycles. The van der Waals surface area contributed by atoms with Crippen molar-refractivity contribution in [2.75, 3.05) is 6.61 Å². The Kier molecular flexibility index (Phi) is 2.10. The van der Waals surface area contributed by atoms with Crippen LogP contribution in [0.15, 0.2) is 12.3 Å². The third-order valence-electron chi connectivity index (χ3n) is 1.12. The third-order valence-corrected chi connectivity index (χ3v) is 1.12. The van der Waals surface area contributed by atoms with E-state index in [1.54, 1.807) is 13.1 Å². The number of hydrogen-bond acceptors (Lipinski definition) is 3. The Labute approximate surface area is 63.2 Å². The molecule has 5 heteroatoms. The molecular weight excluding hydrogens is 148 g/mol. The Balaban J connectivity index is 2.51. The van der Waals surface area contributed by atoms with E-state index in [2.05, 4.69) is 5.10 Å². The molecule has 0 aromatic carbocycles. The van der Waals surface area contributed by atoms with E-state index in [0.29, 0.717) is 5.88 Å². The summed E-state index contributed by atoms with van der Waals surface area (Å²) >= 11 is 0. The van der Waals surface area contributed by atoms with E-state index < -0.39 is 5.97 Å². The fourth-order valence-electron chi connectivity index (χ4n) is 0.639. The minimum Gasteiger partial charge on any atom is -0.479 e. The highest BCUT2D eigenvalue weighted by atomic mass is 16.5. The van der Waals surface area contributed by atoms with Gasteiger partial charge in [0, 0.05) is 13.1 Å². The first-order chi connectivity index (χ1) is 5.20. The average Bonchev–Trinajstić information content (AvgIpc) is 2.31. The third kappa shape index (κ3) is 1.96. The van der Waals surface area contributed by atoms with Gasteiger partial charge in [-0.15, -0.1) is 0 Å². The molecule has 1 rings (SSSR count). The number of carbonyl (C=O) groups is 1. The predicted octanol–water partition coefficient (Wildman–Crippen LogP) is -0.117. The molecule has 0 bridgehead atoms. The number of aryl methyl sites for hydroxylation is 1. The number of aromatic nitrogens is 2. The van der Waals surface area contributed by atoms with E-state index in [-0.39, 0.29) is 6.61 Å². The molecule has 0 saturated carbocycles. The minimum atomic E-state index is -0.994. The Morgan fingerprint density at radius 3 is 3.09 bits per heavy atom. The normalized spacial score (nSPS) is 9.55. The van der Waals surface area contributed by atoms with Gasteiger partial charge in [-0.1, -0.05) is 0 Å². The van der Waals surface area contributed by atoms with Gasteiger partial charge in [-0.2, -0.15) is 5.10 Å². The van der Waals surface area contributed by atoms with Crippen molar-refractivity contribution in [3.8, 4) is 5.88 Å². The monoisotopic (exact) mass is 156 g/mol. The molecule has 5 nitrogen and oxygen atoms in total. The van der Waals surface area contributed by atoms with Crippen LogP contribution in [0, 0.1) is 0 Å².